The summed E-state index contributed by atoms with van der Waals surface area (Å²) >= 11 is 0. The summed E-state index contributed by atoms with van der Waals surface area (Å²) in [6.45, 7) is 4.87. The molecular formula is C28H25F4N7. The zero-order valence-corrected chi connectivity index (χ0v) is 21.3. The molecule has 5 aromatic rings. The molecule has 0 saturated heterocycles. The summed E-state index contributed by atoms with van der Waals surface area (Å²) in [6.07, 6.45) is 1.99. The van der Waals surface area contributed by atoms with Gasteiger partial charge < -0.3 is 9.88 Å². The number of fused-ring (bicyclic) bond motifs is 2. The predicted molar refractivity (Wildman–Crippen MR) is 139 cm³/mol. The second kappa shape index (κ2) is 9.48. The maximum absolute atomic E-state index is 15.7. The van der Waals surface area contributed by atoms with E-state index in [0.29, 0.717) is 35.3 Å². The van der Waals surface area contributed by atoms with Crippen molar-refractivity contribution in [1.82, 2.24) is 29.7 Å². The lowest BCUT2D eigenvalue weighted by atomic mass is 9.98. The van der Waals surface area contributed by atoms with Gasteiger partial charge in [-0.2, -0.15) is 18.3 Å². The number of aromatic amines is 1. The van der Waals surface area contributed by atoms with Gasteiger partial charge in [-0.1, -0.05) is 32.0 Å². The molecule has 200 valence electrons. The molecule has 0 aliphatic carbocycles. The van der Waals surface area contributed by atoms with Crippen molar-refractivity contribution >= 4 is 17.0 Å². The fourth-order valence-corrected chi connectivity index (χ4v) is 5.31. The Morgan fingerprint density at radius 3 is 2.36 bits per heavy atom. The Balaban J connectivity index is 1.56. The second-order valence-corrected chi connectivity index (χ2v) is 9.48. The molecule has 1 N–H and O–H groups in total. The van der Waals surface area contributed by atoms with Crippen LogP contribution in [0.5, 0.6) is 0 Å². The van der Waals surface area contributed by atoms with Crippen LogP contribution in [0.25, 0.3) is 28.0 Å². The van der Waals surface area contributed by atoms with Gasteiger partial charge in [-0.15, -0.1) is 0 Å². The van der Waals surface area contributed by atoms with Gasteiger partial charge in [0, 0.05) is 54.6 Å². The number of hydrogen-bond acceptors (Lipinski definition) is 5. The van der Waals surface area contributed by atoms with E-state index >= 15 is 4.39 Å². The van der Waals surface area contributed by atoms with E-state index in [1.54, 1.807) is 17.2 Å². The van der Waals surface area contributed by atoms with E-state index < -0.39 is 17.6 Å². The van der Waals surface area contributed by atoms with Crippen LogP contribution in [-0.4, -0.2) is 36.3 Å². The van der Waals surface area contributed by atoms with Crippen molar-refractivity contribution in [3.63, 3.8) is 0 Å². The number of nitrogens with zero attached hydrogens (tertiary/aromatic N) is 6. The highest BCUT2D eigenvalue weighted by Crippen LogP contribution is 2.39. The molecule has 0 fully saturated rings. The van der Waals surface area contributed by atoms with E-state index in [9.17, 15) is 13.2 Å². The molecule has 1 aliphatic heterocycles. The van der Waals surface area contributed by atoms with Crippen molar-refractivity contribution in [1.29, 1.82) is 0 Å². The van der Waals surface area contributed by atoms with Crippen molar-refractivity contribution in [2.45, 2.75) is 45.8 Å². The highest BCUT2D eigenvalue weighted by molar-refractivity contribution is 5.94. The number of H-pyrrole nitrogens is 1. The largest absolute Gasteiger partial charge is 0.419 e. The van der Waals surface area contributed by atoms with E-state index in [-0.39, 0.29) is 12.5 Å². The van der Waals surface area contributed by atoms with Crippen LogP contribution in [0, 0.1) is 5.82 Å². The number of rotatable bonds is 5. The molecule has 0 saturated carbocycles. The Morgan fingerprint density at radius 2 is 1.69 bits per heavy atom. The number of aryl methyl sites for hydroxylation is 2. The van der Waals surface area contributed by atoms with E-state index in [1.165, 1.54) is 6.20 Å². The first-order valence-corrected chi connectivity index (χ1v) is 12.8. The summed E-state index contributed by atoms with van der Waals surface area (Å²) in [7, 11) is 0. The zero-order chi connectivity index (χ0) is 27.3. The van der Waals surface area contributed by atoms with E-state index in [1.807, 2.05) is 10.7 Å². The van der Waals surface area contributed by atoms with Crippen LogP contribution in [0.3, 0.4) is 0 Å². The third-order valence-corrected chi connectivity index (χ3v) is 7.24. The highest BCUT2D eigenvalue weighted by Gasteiger charge is 2.33. The van der Waals surface area contributed by atoms with Crippen molar-refractivity contribution in [2.75, 3.05) is 11.4 Å². The number of halogens is 4. The number of pyridine rings is 1. The van der Waals surface area contributed by atoms with Crippen LogP contribution < -0.4 is 4.90 Å². The minimum absolute atomic E-state index is 0.178. The van der Waals surface area contributed by atoms with Crippen LogP contribution in [0.15, 0.2) is 49.1 Å². The Morgan fingerprint density at radius 1 is 0.974 bits per heavy atom. The lowest BCUT2D eigenvalue weighted by molar-refractivity contribution is -0.138. The summed E-state index contributed by atoms with van der Waals surface area (Å²) < 4.78 is 56.8. The Hall–Kier alpha value is -4.28. The molecule has 0 spiro atoms. The van der Waals surface area contributed by atoms with Gasteiger partial charge in [0.2, 0.25) is 5.95 Å². The van der Waals surface area contributed by atoms with Gasteiger partial charge in [0.25, 0.3) is 0 Å². The maximum atomic E-state index is 15.7. The van der Waals surface area contributed by atoms with Gasteiger partial charge in [0.05, 0.1) is 28.8 Å². The molecule has 4 aromatic heterocycles. The van der Waals surface area contributed by atoms with Crippen molar-refractivity contribution in [2.24, 2.45) is 0 Å². The van der Waals surface area contributed by atoms with Crippen molar-refractivity contribution in [3.8, 4) is 16.9 Å². The second-order valence-electron chi connectivity index (χ2n) is 9.48. The fraction of sp³-hybridized carbons (Fsp3) is 0.286. The van der Waals surface area contributed by atoms with Crippen molar-refractivity contribution < 1.29 is 17.6 Å². The molecule has 5 heterocycles. The lowest BCUT2D eigenvalue weighted by Crippen LogP contribution is -2.31. The molecule has 0 atom stereocenters. The first-order valence-electron chi connectivity index (χ1n) is 12.8. The number of anilines is 1. The molecule has 39 heavy (non-hydrogen) atoms. The summed E-state index contributed by atoms with van der Waals surface area (Å²) in [5.41, 5.74) is 5.28. The van der Waals surface area contributed by atoms with E-state index in [0.717, 1.165) is 53.3 Å². The lowest BCUT2D eigenvalue weighted by Gasteiger charge is -2.27. The predicted octanol–water partition coefficient (Wildman–Crippen LogP) is 6.05. The minimum Gasteiger partial charge on any atom is -0.346 e. The number of para-hydroxylation sites is 1. The Labute approximate surface area is 221 Å². The molecule has 0 amide bonds. The number of alkyl halides is 3. The molecule has 11 heteroatoms. The molecule has 0 radical (unpaired) electrons. The van der Waals surface area contributed by atoms with E-state index in [4.69, 9.17) is 5.10 Å². The fourth-order valence-electron chi connectivity index (χ4n) is 5.31. The normalized spacial score (nSPS) is 13.7. The average molecular weight is 536 g/mol. The summed E-state index contributed by atoms with van der Waals surface area (Å²) in [4.78, 5) is 17.1. The third-order valence-electron chi connectivity index (χ3n) is 7.24. The minimum atomic E-state index is -4.52. The molecular weight excluding hydrogens is 510 g/mol. The van der Waals surface area contributed by atoms with Crippen molar-refractivity contribution in [3.05, 3.63) is 82.8 Å². The summed E-state index contributed by atoms with van der Waals surface area (Å²) in [5.74, 6) is -0.307. The first-order chi connectivity index (χ1) is 18.8. The monoisotopic (exact) mass is 535 g/mol. The number of nitrogens with one attached hydrogen (secondary N) is 1. The molecule has 7 nitrogen and oxygen atoms in total. The number of hydrogen-bond donors (Lipinski definition) is 1. The zero-order valence-electron chi connectivity index (χ0n) is 21.3. The molecule has 0 bridgehead atoms. The Bertz CT molecular complexity index is 1650. The van der Waals surface area contributed by atoms with Gasteiger partial charge in [-0.05, 0) is 30.0 Å². The molecule has 6 rings (SSSR count). The van der Waals surface area contributed by atoms with Gasteiger partial charge >= 0.3 is 6.18 Å². The highest BCUT2D eigenvalue weighted by atomic mass is 19.4. The summed E-state index contributed by atoms with van der Waals surface area (Å²) in [6, 6.07) is 7.91. The topological polar surface area (TPSA) is 75.5 Å². The van der Waals surface area contributed by atoms with Crippen LogP contribution in [0.1, 0.15) is 41.8 Å². The van der Waals surface area contributed by atoms with Gasteiger partial charge in [-0.25, -0.2) is 24.0 Å². The number of benzene rings is 1. The molecule has 0 unspecified atom stereocenters. The van der Waals surface area contributed by atoms with Crippen LogP contribution >= 0.6 is 0 Å². The number of aromatic nitrogens is 6. The first kappa shape index (κ1) is 25.0. The van der Waals surface area contributed by atoms with Crippen LogP contribution in [0.4, 0.5) is 23.5 Å². The average Bonchev–Trinajstić information content (AvgIpc) is 3.56. The molecule has 1 aromatic carbocycles. The van der Waals surface area contributed by atoms with Crippen LogP contribution in [0.2, 0.25) is 0 Å². The molecule has 1 aliphatic rings. The smallest absolute Gasteiger partial charge is 0.346 e. The van der Waals surface area contributed by atoms with Gasteiger partial charge in [0.1, 0.15) is 5.65 Å². The standard InChI is InChI=1S/C28H25F4N7/c1-3-16-6-5-7-17(4-2)24(16)39-25(23-19-8-10-33-26(19)34-14-21(23)29)20-15-38(11-9-22(20)37-39)27-35-12-18(13-36-27)28(30,31)32/h5-8,10,12-14H,3-4,9,11,15H2,1-2H3,(H,33,34). The quantitative estimate of drug-likeness (QED) is 0.277. The van der Waals surface area contributed by atoms with Gasteiger partial charge in [0.15, 0.2) is 5.82 Å². The summed E-state index contributed by atoms with van der Waals surface area (Å²) in [5, 5.41) is 5.64. The van der Waals surface area contributed by atoms with Crippen LogP contribution in [-0.2, 0) is 32.0 Å². The van der Waals surface area contributed by atoms with E-state index in [2.05, 4.69) is 45.9 Å². The third kappa shape index (κ3) is 4.21. The SMILES string of the molecule is CCc1cccc(CC)c1-n1nc2c(c1-c1c(F)cnc3[nH]ccc13)CN(c1ncc(C(F)(F)F)cn1)CC2. The maximum Gasteiger partial charge on any atom is 0.419 e. The van der Waals surface area contributed by atoms with Gasteiger partial charge in [-0.3, -0.25) is 0 Å². The Kier molecular flexibility index (Phi) is 6.08.